The fourth-order valence-electron chi connectivity index (χ4n) is 2.31. The van der Waals surface area contributed by atoms with E-state index in [9.17, 15) is 5.11 Å². The van der Waals surface area contributed by atoms with E-state index < -0.39 is 0 Å². The number of hydrogen-bond donors (Lipinski definition) is 1. The average molecular weight is 196 g/mol. The van der Waals surface area contributed by atoms with E-state index in [2.05, 4.69) is 24.3 Å². The van der Waals surface area contributed by atoms with E-state index in [1.165, 1.54) is 16.7 Å². The van der Waals surface area contributed by atoms with Crippen molar-refractivity contribution in [3.8, 4) is 16.9 Å². The predicted octanol–water partition coefficient (Wildman–Crippen LogP) is 3.27. The highest BCUT2D eigenvalue weighted by Crippen LogP contribution is 2.41. The van der Waals surface area contributed by atoms with Gasteiger partial charge in [0.25, 0.3) is 0 Å². The summed E-state index contributed by atoms with van der Waals surface area (Å²) in [6.07, 6.45) is 0.860. The Balaban J connectivity index is 2.31. The molecule has 0 amide bonds. The number of aryl methyl sites for hydroxylation is 1. The topological polar surface area (TPSA) is 20.2 Å². The lowest BCUT2D eigenvalue weighted by atomic mass is 10.0. The summed E-state index contributed by atoms with van der Waals surface area (Å²) in [6.45, 7) is 1.94. The molecule has 1 nitrogen and oxygen atoms in total. The summed E-state index contributed by atoms with van der Waals surface area (Å²) < 4.78 is 0. The molecular formula is C14H12O. The Kier molecular flexibility index (Phi) is 1.63. The minimum absolute atomic E-state index is 0.462. The lowest BCUT2D eigenvalue weighted by Crippen LogP contribution is -1.84. The molecule has 0 atom stereocenters. The van der Waals surface area contributed by atoms with Gasteiger partial charge in [-0.2, -0.15) is 0 Å². The molecule has 0 saturated carbocycles. The molecule has 1 heteroatoms. The summed E-state index contributed by atoms with van der Waals surface area (Å²) in [6, 6.07) is 12.4. The molecule has 15 heavy (non-hydrogen) atoms. The van der Waals surface area contributed by atoms with Crippen LogP contribution in [-0.4, -0.2) is 5.11 Å². The number of phenols is 1. The number of aromatic hydroxyl groups is 1. The molecule has 2 aromatic rings. The average Bonchev–Trinajstić information content (AvgIpc) is 2.63. The Morgan fingerprint density at radius 2 is 1.80 bits per heavy atom. The van der Waals surface area contributed by atoms with Crippen LogP contribution in [0.2, 0.25) is 0 Å². The summed E-state index contributed by atoms with van der Waals surface area (Å²) in [7, 11) is 0. The van der Waals surface area contributed by atoms with E-state index >= 15 is 0 Å². The van der Waals surface area contributed by atoms with Crippen molar-refractivity contribution in [2.75, 3.05) is 0 Å². The van der Waals surface area contributed by atoms with E-state index in [0.717, 1.165) is 17.5 Å². The van der Waals surface area contributed by atoms with Gasteiger partial charge in [-0.15, -0.1) is 0 Å². The van der Waals surface area contributed by atoms with E-state index in [-0.39, 0.29) is 0 Å². The van der Waals surface area contributed by atoms with Crippen LogP contribution in [0.5, 0.6) is 5.75 Å². The molecule has 0 fully saturated rings. The zero-order chi connectivity index (χ0) is 10.4. The SMILES string of the molecule is Cc1ccc2c(c1O)Cc1ccccc1-2. The third-order valence-electron chi connectivity index (χ3n) is 3.16. The van der Waals surface area contributed by atoms with Crippen LogP contribution in [0.15, 0.2) is 36.4 Å². The molecule has 0 bridgehead atoms. The molecule has 0 spiro atoms. The highest BCUT2D eigenvalue weighted by Gasteiger charge is 2.21. The zero-order valence-electron chi connectivity index (χ0n) is 8.62. The Hall–Kier alpha value is -1.76. The highest BCUT2D eigenvalue weighted by molar-refractivity contribution is 5.79. The molecule has 1 aliphatic carbocycles. The van der Waals surface area contributed by atoms with Gasteiger partial charge in [0.15, 0.2) is 0 Å². The Bertz CT molecular complexity index is 541. The van der Waals surface area contributed by atoms with Crippen LogP contribution in [0.4, 0.5) is 0 Å². The van der Waals surface area contributed by atoms with Crippen LogP contribution in [0.25, 0.3) is 11.1 Å². The monoisotopic (exact) mass is 196 g/mol. The van der Waals surface area contributed by atoms with E-state index in [1.54, 1.807) is 0 Å². The van der Waals surface area contributed by atoms with Gasteiger partial charge in [-0.05, 0) is 29.2 Å². The summed E-state index contributed by atoms with van der Waals surface area (Å²) in [5, 5.41) is 9.99. The third-order valence-corrected chi connectivity index (χ3v) is 3.16. The molecular weight excluding hydrogens is 184 g/mol. The maximum absolute atomic E-state index is 9.99. The van der Waals surface area contributed by atoms with Gasteiger partial charge in [0, 0.05) is 12.0 Å². The summed E-state index contributed by atoms with van der Waals surface area (Å²) in [5.74, 6) is 0.462. The van der Waals surface area contributed by atoms with Crippen molar-refractivity contribution in [3.63, 3.8) is 0 Å². The molecule has 74 valence electrons. The van der Waals surface area contributed by atoms with Crippen molar-refractivity contribution in [2.24, 2.45) is 0 Å². The largest absolute Gasteiger partial charge is 0.507 e. The van der Waals surface area contributed by atoms with Crippen molar-refractivity contribution in [3.05, 3.63) is 53.1 Å². The lowest BCUT2D eigenvalue weighted by molar-refractivity contribution is 0.466. The molecule has 1 aliphatic rings. The zero-order valence-corrected chi connectivity index (χ0v) is 8.62. The third kappa shape index (κ3) is 1.09. The van der Waals surface area contributed by atoms with Crippen LogP contribution in [0, 0.1) is 6.92 Å². The number of phenolic OH excluding ortho intramolecular Hbond substituents is 1. The predicted molar refractivity (Wildman–Crippen MR) is 61.1 cm³/mol. The molecule has 0 aliphatic heterocycles. The molecule has 1 N–H and O–H groups in total. The van der Waals surface area contributed by atoms with Crippen molar-refractivity contribution >= 4 is 0 Å². The smallest absolute Gasteiger partial charge is 0.122 e. The Morgan fingerprint density at radius 1 is 1.00 bits per heavy atom. The summed E-state index contributed by atoms with van der Waals surface area (Å²) in [4.78, 5) is 0. The fourth-order valence-corrected chi connectivity index (χ4v) is 2.31. The van der Waals surface area contributed by atoms with Gasteiger partial charge in [-0.25, -0.2) is 0 Å². The van der Waals surface area contributed by atoms with Gasteiger partial charge >= 0.3 is 0 Å². The second kappa shape index (κ2) is 2.86. The highest BCUT2D eigenvalue weighted by atomic mass is 16.3. The van der Waals surface area contributed by atoms with Gasteiger partial charge in [0.1, 0.15) is 5.75 Å². The molecule has 0 unspecified atom stereocenters. The van der Waals surface area contributed by atoms with Crippen molar-refractivity contribution < 1.29 is 5.11 Å². The number of hydrogen-bond acceptors (Lipinski definition) is 1. The quantitative estimate of drug-likeness (QED) is 0.585. The van der Waals surface area contributed by atoms with Crippen LogP contribution in [-0.2, 0) is 6.42 Å². The minimum atomic E-state index is 0.462. The lowest BCUT2D eigenvalue weighted by Gasteiger charge is -2.05. The maximum Gasteiger partial charge on any atom is 0.122 e. The van der Waals surface area contributed by atoms with Gasteiger partial charge in [-0.3, -0.25) is 0 Å². The van der Waals surface area contributed by atoms with Crippen LogP contribution in [0.1, 0.15) is 16.7 Å². The summed E-state index contributed by atoms with van der Waals surface area (Å²) in [5.41, 5.74) is 5.81. The Labute approximate surface area is 89.0 Å². The van der Waals surface area contributed by atoms with Crippen LogP contribution in [0.3, 0.4) is 0 Å². The second-order valence-corrected chi connectivity index (χ2v) is 4.09. The molecule has 3 rings (SSSR count). The molecule has 0 heterocycles. The molecule has 0 saturated heterocycles. The van der Waals surface area contributed by atoms with Gasteiger partial charge < -0.3 is 5.11 Å². The van der Waals surface area contributed by atoms with Gasteiger partial charge in [-0.1, -0.05) is 36.4 Å². The van der Waals surface area contributed by atoms with Crippen molar-refractivity contribution in [1.29, 1.82) is 0 Å². The van der Waals surface area contributed by atoms with E-state index in [0.29, 0.717) is 5.75 Å². The van der Waals surface area contributed by atoms with Gasteiger partial charge in [0.05, 0.1) is 0 Å². The van der Waals surface area contributed by atoms with Crippen molar-refractivity contribution in [1.82, 2.24) is 0 Å². The minimum Gasteiger partial charge on any atom is -0.507 e. The molecule has 0 aromatic heterocycles. The van der Waals surface area contributed by atoms with Crippen LogP contribution < -0.4 is 0 Å². The molecule has 0 radical (unpaired) electrons. The number of fused-ring (bicyclic) bond motifs is 3. The fraction of sp³-hybridized carbons (Fsp3) is 0.143. The maximum atomic E-state index is 9.99. The normalized spacial score (nSPS) is 12.3. The number of rotatable bonds is 0. The summed E-state index contributed by atoms with van der Waals surface area (Å²) >= 11 is 0. The standard InChI is InChI=1S/C14H12O/c1-9-6-7-12-11-5-3-2-4-10(11)8-13(12)14(9)15/h2-7,15H,8H2,1H3. The van der Waals surface area contributed by atoms with Crippen molar-refractivity contribution in [2.45, 2.75) is 13.3 Å². The van der Waals surface area contributed by atoms with Crippen LogP contribution >= 0.6 is 0 Å². The first-order chi connectivity index (χ1) is 7.27. The van der Waals surface area contributed by atoms with E-state index in [4.69, 9.17) is 0 Å². The first-order valence-corrected chi connectivity index (χ1v) is 5.17. The first kappa shape index (κ1) is 8.54. The Morgan fingerprint density at radius 3 is 2.67 bits per heavy atom. The van der Waals surface area contributed by atoms with E-state index in [1.807, 2.05) is 19.1 Å². The van der Waals surface area contributed by atoms with Gasteiger partial charge in [0.2, 0.25) is 0 Å². The first-order valence-electron chi connectivity index (χ1n) is 5.17. The second-order valence-electron chi connectivity index (χ2n) is 4.09. The molecule has 2 aromatic carbocycles. The number of benzene rings is 2.